The number of esters is 2. The summed E-state index contributed by atoms with van der Waals surface area (Å²) in [4.78, 5) is 55.1. The molecule has 1 amide bonds. The normalized spacial score (nSPS) is 12.8. The lowest BCUT2D eigenvalue weighted by molar-refractivity contribution is -0.157. The van der Waals surface area contributed by atoms with Crippen LogP contribution in [0.4, 0.5) is 0 Å². The van der Waals surface area contributed by atoms with E-state index in [1.807, 2.05) is 0 Å². The minimum absolute atomic E-state index is 0.0191. The first-order valence-corrected chi connectivity index (χ1v) is 22.1. The van der Waals surface area contributed by atoms with E-state index < -0.39 is 19.5 Å². The second-order valence-electron chi connectivity index (χ2n) is 13.0. The zero-order valence-corrected chi connectivity index (χ0v) is 33.0. The average Bonchev–Trinajstić information content (AvgIpc) is 3.08. The van der Waals surface area contributed by atoms with Gasteiger partial charge in [-0.15, -0.1) is 0 Å². The van der Waals surface area contributed by atoms with Crippen LogP contribution in [-0.4, -0.2) is 90.6 Å². The quantitative estimate of drug-likeness (QED) is 0.0289. The van der Waals surface area contributed by atoms with E-state index in [0.717, 1.165) is 38.5 Å². The molecule has 2 atom stereocenters. The molecule has 0 heterocycles. The Morgan fingerprint density at radius 2 is 1.18 bits per heavy atom. The van der Waals surface area contributed by atoms with E-state index in [-0.39, 0.29) is 57.3 Å². The zero-order valence-electron chi connectivity index (χ0n) is 31.3. The number of nitrogens with one attached hydrogen (secondary N) is 1. The predicted octanol–water partition coefficient (Wildman–Crippen LogP) is 7.02. The third kappa shape index (κ3) is 33.9. The summed E-state index contributed by atoms with van der Waals surface area (Å²) in [5, 5.41) is 2.77. The van der Waals surface area contributed by atoms with Gasteiger partial charge in [0, 0.05) is 37.3 Å². The maximum absolute atomic E-state index is 12.6. The molecule has 5 N–H and O–H groups in total. The monoisotopic (exact) mass is 754 g/mol. The molecular weight excluding hydrogens is 683 g/mol. The Bertz CT molecular complexity index is 880. The molecule has 0 bridgehead atoms. The Balaban J connectivity index is 4.34. The fourth-order valence-corrected chi connectivity index (χ4v) is 6.25. The number of rotatable bonds is 37. The van der Waals surface area contributed by atoms with Crippen molar-refractivity contribution in [3.8, 4) is 0 Å². The summed E-state index contributed by atoms with van der Waals surface area (Å²) in [5.74, 6) is -1.11. The Labute approximate surface area is 307 Å². The Hall–Kier alpha value is -1.21. The molecule has 0 aromatic carbocycles. The molecule has 0 aromatic rings. The van der Waals surface area contributed by atoms with Crippen molar-refractivity contribution >= 4 is 37.2 Å². The maximum Gasteiger partial charge on any atom is 0.344 e. The number of carbonyl (C=O) groups is 3. The van der Waals surface area contributed by atoms with Crippen LogP contribution in [0.5, 0.6) is 0 Å². The molecule has 12 nitrogen and oxygen atoms in total. The molecule has 0 fully saturated rings. The van der Waals surface area contributed by atoms with Gasteiger partial charge in [-0.25, -0.2) is 0 Å². The zero-order chi connectivity index (χ0) is 37.1. The van der Waals surface area contributed by atoms with Gasteiger partial charge < -0.3 is 39.8 Å². The van der Waals surface area contributed by atoms with Gasteiger partial charge in [0.1, 0.15) is 18.5 Å². The van der Waals surface area contributed by atoms with Crippen molar-refractivity contribution in [3.63, 3.8) is 0 Å². The predicted molar refractivity (Wildman–Crippen MR) is 201 cm³/mol. The molecule has 0 aliphatic rings. The van der Waals surface area contributed by atoms with E-state index >= 15 is 0 Å². The number of ether oxygens (including phenoxy) is 4. The van der Waals surface area contributed by atoms with Crippen molar-refractivity contribution in [2.45, 2.75) is 161 Å². The molecular formula is C36H71N2O10PS. The van der Waals surface area contributed by atoms with Crippen molar-refractivity contribution in [1.82, 2.24) is 5.32 Å². The highest BCUT2D eigenvalue weighted by Crippen LogP contribution is 2.37. The molecule has 0 aliphatic carbocycles. The molecule has 2 unspecified atom stereocenters. The van der Waals surface area contributed by atoms with Crippen LogP contribution in [0.3, 0.4) is 0 Å². The van der Waals surface area contributed by atoms with E-state index in [4.69, 9.17) is 34.5 Å². The van der Waals surface area contributed by atoms with Crippen LogP contribution in [0.2, 0.25) is 0 Å². The van der Waals surface area contributed by atoms with Crippen LogP contribution in [0.25, 0.3) is 0 Å². The SMILES string of the molecule is CCCCCCCCCCCC(=O)OCC(CSCCC(=O)NCCOCCOCC(N)P(=O)(O)O)OC(=O)CCCCCCCCCCC. The largest absolute Gasteiger partial charge is 0.462 e. The summed E-state index contributed by atoms with van der Waals surface area (Å²) in [6.07, 6.45) is 21.4. The molecule has 50 heavy (non-hydrogen) atoms. The lowest BCUT2D eigenvalue weighted by Gasteiger charge is -2.18. The lowest BCUT2D eigenvalue weighted by atomic mass is 10.1. The summed E-state index contributed by atoms with van der Waals surface area (Å²) < 4.78 is 32.6. The highest BCUT2D eigenvalue weighted by Gasteiger charge is 2.24. The third-order valence-electron chi connectivity index (χ3n) is 8.14. The van der Waals surface area contributed by atoms with E-state index in [0.29, 0.717) is 30.9 Å². The fraction of sp³-hybridized carbons (Fsp3) is 0.917. The highest BCUT2D eigenvalue weighted by molar-refractivity contribution is 7.99. The second-order valence-corrected chi connectivity index (χ2v) is 16.0. The Kier molecular flexibility index (Phi) is 34.0. The first-order chi connectivity index (χ1) is 24.1. The standard InChI is InChI=1S/C36H71N2O10PS/c1-3-5-7-9-11-13-15-17-19-21-35(40)47-29-32(48-36(41)22-20-18-16-14-12-10-8-6-4-2)31-50-28-23-34(39)38-24-25-45-26-27-46-30-33(37)49(42,43)44/h32-33H,3-31,37H2,1-2H3,(H,38,39)(H2,42,43,44). The topological polar surface area (TPSA) is 184 Å². The second kappa shape index (κ2) is 34.9. The Morgan fingerprint density at radius 3 is 1.72 bits per heavy atom. The molecule has 296 valence electrons. The van der Waals surface area contributed by atoms with Gasteiger partial charge in [-0.1, -0.05) is 117 Å². The van der Waals surface area contributed by atoms with Gasteiger partial charge in [0.2, 0.25) is 5.91 Å². The summed E-state index contributed by atoms with van der Waals surface area (Å²) in [6.45, 7) is 5.06. The van der Waals surface area contributed by atoms with E-state index in [1.54, 1.807) is 0 Å². The average molecular weight is 755 g/mol. The van der Waals surface area contributed by atoms with Crippen LogP contribution in [-0.2, 0) is 37.9 Å². The van der Waals surface area contributed by atoms with E-state index in [1.165, 1.54) is 88.8 Å². The van der Waals surface area contributed by atoms with Crippen LogP contribution in [0, 0.1) is 0 Å². The molecule has 0 saturated heterocycles. The van der Waals surface area contributed by atoms with Crippen molar-refractivity contribution in [1.29, 1.82) is 0 Å². The number of unbranched alkanes of at least 4 members (excludes halogenated alkanes) is 16. The minimum atomic E-state index is -4.37. The van der Waals surface area contributed by atoms with Crippen molar-refractivity contribution in [2.24, 2.45) is 5.73 Å². The molecule has 0 aliphatic heterocycles. The molecule has 0 spiro atoms. The van der Waals surface area contributed by atoms with Crippen LogP contribution in [0.15, 0.2) is 0 Å². The van der Waals surface area contributed by atoms with E-state index in [9.17, 15) is 18.9 Å². The van der Waals surface area contributed by atoms with Gasteiger partial charge in [0.15, 0.2) is 0 Å². The number of hydrogen-bond donors (Lipinski definition) is 4. The number of amides is 1. The van der Waals surface area contributed by atoms with Crippen molar-refractivity contribution in [3.05, 3.63) is 0 Å². The highest BCUT2D eigenvalue weighted by atomic mass is 32.2. The smallest absolute Gasteiger partial charge is 0.344 e. The molecule has 14 heteroatoms. The summed E-state index contributed by atoms with van der Waals surface area (Å²) in [7, 11) is -4.37. The van der Waals surface area contributed by atoms with E-state index in [2.05, 4.69) is 19.2 Å². The molecule has 0 aromatic heterocycles. The first kappa shape index (κ1) is 48.8. The number of hydrogen-bond acceptors (Lipinski definition) is 10. The number of nitrogens with two attached hydrogens (primary N) is 1. The summed E-state index contributed by atoms with van der Waals surface area (Å²) >= 11 is 1.47. The van der Waals surface area contributed by atoms with Gasteiger partial charge in [-0.3, -0.25) is 18.9 Å². The van der Waals surface area contributed by atoms with Gasteiger partial charge in [0.25, 0.3) is 0 Å². The van der Waals surface area contributed by atoms with Gasteiger partial charge >= 0.3 is 19.5 Å². The van der Waals surface area contributed by atoms with Crippen LogP contribution < -0.4 is 11.1 Å². The molecule has 0 saturated carbocycles. The van der Waals surface area contributed by atoms with Crippen molar-refractivity contribution in [2.75, 3.05) is 51.1 Å². The van der Waals surface area contributed by atoms with Gasteiger partial charge in [-0.05, 0) is 12.8 Å². The summed E-state index contributed by atoms with van der Waals surface area (Å²) in [6, 6.07) is 0. The molecule has 0 radical (unpaired) electrons. The first-order valence-electron chi connectivity index (χ1n) is 19.3. The van der Waals surface area contributed by atoms with Gasteiger partial charge in [0.05, 0.1) is 26.4 Å². The lowest BCUT2D eigenvalue weighted by Crippen LogP contribution is -2.29. The molecule has 0 rings (SSSR count). The van der Waals surface area contributed by atoms with Crippen LogP contribution in [0.1, 0.15) is 149 Å². The van der Waals surface area contributed by atoms with Crippen LogP contribution >= 0.6 is 19.4 Å². The fourth-order valence-electron chi connectivity index (χ4n) is 5.03. The number of thioether (sulfide) groups is 1. The van der Waals surface area contributed by atoms with Gasteiger partial charge in [-0.2, -0.15) is 11.8 Å². The number of carbonyl (C=O) groups excluding carboxylic acids is 3. The van der Waals surface area contributed by atoms with Crippen molar-refractivity contribution < 1.29 is 47.7 Å². The summed E-state index contributed by atoms with van der Waals surface area (Å²) in [5.41, 5.74) is 5.33. The third-order valence-corrected chi connectivity index (χ3v) is 10.2. The minimum Gasteiger partial charge on any atom is -0.462 e. The Morgan fingerprint density at radius 1 is 0.680 bits per heavy atom. The maximum atomic E-state index is 12.6.